The minimum absolute atomic E-state index is 0.387. The average Bonchev–Trinajstić information content (AvgIpc) is 2.96. The van der Waals surface area contributed by atoms with Gasteiger partial charge in [-0.15, -0.1) is 0 Å². The van der Waals surface area contributed by atoms with E-state index in [1.807, 2.05) is 24.3 Å². The molecule has 1 heterocycles. The third-order valence-electron chi connectivity index (χ3n) is 3.91. The van der Waals surface area contributed by atoms with Crippen molar-refractivity contribution in [1.82, 2.24) is 4.90 Å². The number of aliphatic hydroxyl groups is 1. The van der Waals surface area contributed by atoms with Gasteiger partial charge in [0.15, 0.2) is 0 Å². The first-order valence-electron chi connectivity index (χ1n) is 7.46. The molecule has 0 amide bonds. The fourth-order valence-electron chi connectivity index (χ4n) is 2.61. The second-order valence-electron chi connectivity index (χ2n) is 5.38. The topological polar surface area (TPSA) is 32.7 Å². The van der Waals surface area contributed by atoms with E-state index in [0.717, 1.165) is 42.7 Å². The zero-order chi connectivity index (χ0) is 14.4. The van der Waals surface area contributed by atoms with E-state index in [0.29, 0.717) is 6.10 Å². The summed E-state index contributed by atoms with van der Waals surface area (Å²) in [5.41, 5.74) is 0.987. The molecule has 0 spiro atoms. The van der Waals surface area contributed by atoms with E-state index in [-0.39, 0.29) is 6.10 Å². The van der Waals surface area contributed by atoms with Crippen molar-refractivity contribution in [3.63, 3.8) is 0 Å². The Morgan fingerprint density at radius 3 is 2.75 bits per heavy atom. The molecule has 1 aromatic rings. The van der Waals surface area contributed by atoms with Crippen LogP contribution in [0.15, 0.2) is 28.7 Å². The largest absolute Gasteiger partial charge is 0.388 e. The van der Waals surface area contributed by atoms with Gasteiger partial charge < -0.3 is 14.7 Å². The first-order chi connectivity index (χ1) is 9.69. The van der Waals surface area contributed by atoms with E-state index in [2.05, 4.69) is 27.8 Å². The minimum Gasteiger partial charge on any atom is -0.388 e. The Bertz CT molecular complexity index is 390. The minimum atomic E-state index is -0.387. The summed E-state index contributed by atoms with van der Waals surface area (Å²) in [7, 11) is 0. The van der Waals surface area contributed by atoms with Crippen molar-refractivity contribution >= 4 is 15.9 Å². The highest BCUT2D eigenvalue weighted by atomic mass is 79.9. The zero-order valence-corrected chi connectivity index (χ0v) is 13.7. The predicted molar refractivity (Wildman–Crippen MR) is 84.8 cm³/mol. The smallest absolute Gasteiger partial charge is 0.0802 e. The van der Waals surface area contributed by atoms with Crippen molar-refractivity contribution < 1.29 is 9.84 Å². The van der Waals surface area contributed by atoms with Crippen LogP contribution in [-0.2, 0) is 4.74 Å². The van der Waals surface area contributed by atoms with Gasteiger partial charge in [-0.25, -0.2) is 0 Å². The second-order valence-corrected chi connectivity index (χ2v) is 6.30. The average molecular weight is 342 g/mol. The second kappa shape index (κ2) is 8.13. The lowest BCUT2D eigenvalue weighted by atomic mass is 10.1. The van der Waals surface area contributed by atoms with Gasteiger partial charge in [0.25, 0.3) is 0 Å². The van der Waals surface area contributed by atoms with E-state index in [1.54, 1.807) is 0 Å². The van der Waals surface area contributed by atoms with Gasteiger partial charge in [-0.2, -0.15) is 0 Å². The van der Waals surface area contributed by atoms with Crippen LogP contribution in [0.3, 0.4) is 0 Å². The highest BCUT2D eigenvalue weighted by Crippen LogP contribution is 2.20. The fraction of sp³-hybridized carbons (Fsp3) is 0.625. The molecule has 0 aliphatic carbocycles. The lowest BCUT2D eigenvalue weighted by molar-refractivity contribution is 0.0669. The van der Waals surface area contributed by atoms with Gasteiger partial charge in [0.05, 0.1) is 12.2 Å². The Balaban J connectivity index is 1.78. The summed E-state index contributed by atoms with van der Waals surface area (Å²) in [6.07, 6.45) is 3.12. The fourth-order valence-corrected chi connectivity index (χ4v) is 2.88. The van der Waals surface area contributed by atoms with Crippen LogP contribution in [0.2, 0.25) is 0 Å². The van der Waals surface area contributed by atoms with E-state index in [1.165, 1.54) is 12.8 Å². The normalized spacial score (nSPS) is 20.5. The maximum Gasteiger partial charge on any atom is 0.0802 e. The summed E-state index contributed by atoms with van der Waals surface area (Å²) in [5.74, 6) is 0. The van der Waals surface area contributed by atoms with Crippen molar-refractivity contribution in [1.29, 1.82) is 0 Å². The maximum absolute atomic E-state index is 10.2. The van der Waals surface area contributed by atoms with Crippen LogP contribution in [0.25, 0.3) is 0 Å². The number of nitrogens with zero attached hydrogens (tertiary/aromatic N) is 1. The molecule has 1 aliphatic rings. The molecule has 2 rings (SSSR count). The van der Waals surface area contributed by atoms with Crippen molar-refractivity contribution in [3.05, 3.63) is 34.3 Å². The lowest BCUT2D eigenvalue weighted by Gasteiger charge is -2.24. The van der Waals surface area contributed by atoms with Gasteiger partial charge in [0, 0.05) is 24.2 Å². The zero-order valence-electron chi connectivity index (χ0n) is 12.1. The monoisotopic (exact) mass is 341 g/mol. The van der Waals surface area contributed by atoms with Gasteiger partial charge in [-0.3, -0.25) is 0 Å². The molecule has 0 bridgehead atoms. The third-order valence-corrected chi connectivity index (χ3v) is 4.44. The Labute approximate surface area is 130 Å². The standard InChI is InChI=1S/C16H24BrNO2/c1-2-18(12-15-4-3-11-20-15)10-9-16(19)13-5-7-14(17)8-6-13/h5-8,15-16,19H,2-4,9-12H2,1H3. The summed E-state index contributed by atoms with van der Waals surface area (Å²) < 4.78 is 6.72. The molecule has 20 heavy (non-hydrogen) atoms. The molecule has 0 saturated carbocycles. The summed E-state index contributed by atoms with van der Waals surface area (Å²) >= 11 is 3.41. The molecule has 1 saturated heterocycles. The quantitative estimate of drug-likeness (QED) is 0.825. The number of hydrogen-bond acceptors (Lipinski definition) is 3. The Morgan fingerprint density at radius 2 is 2.15 bits per heavy atom. The van der Waals surface area contributed by atoms with E-state index >= 15 is 0 Å². The van der Waals surface area contributed by atoms with Crippen molar-refractivity contribution in [2.75, 3.05) is 26.2 Å². The molecule has 0 radical (unpaired) electrons. The van der Waals surface area contributed by atoms with Crippen LogP contribution >= 0.6 is 15.9 Å². The predicted octanol–water partition coefficient (Wildman–Crippen LogP) is 3.37. The molecule has 0 aromatic heterocycles. The van der Waals surface area contributed by atoms with Crippen molar-refractivity contribution in [3.8, 4) is 0 Å². The highest BCUT2D eigenvalue weighted by molar-refractivity contribution is 9.10. The molecule has 2 unspecified atom stereocenters. The van der Waals surface area contributed by atoms with Crippen LogP contribution < -0.4 is 0 Å². The Morgan fingerprint density at radius 1 is 1.40 bits per heavy atom. The van der Waals surface area contributed by atoms with Crippen LogP contribution in [0.4, 0.5) is 0 Å². The molecule has 1 aliphatic heterocycles. The maximum atomic E-state index is 10.2. The summed E-state index contributed by atoms with van der Waals surface area (Å²) in [4.78, 5) is 2.37. The van der Waals surface area contributed by atoms with Crippen LogP contribution in [0.1, 0.15) is 37.9 Å². The molecular formula is C16H24BrNO2. The number of hydrogen-bond donors (Lipinski definition) is 1. The van der Waals surface area contributed by atoms with Crippen LogP contribution in [0, 0.1) is 0 Å². The first-order valence-corrected chi connectivity index (χ1v) is 8.26. The highest BCUT2D eigenvalue weighted by Gasteiger charge is 2.19. The Kier molecular flexibility index (Phi) is 6.49. The molecule has 3 nitrogen and oxygen atoms in total. The van der Waals surface area contributed by atoms with Gasteiger partial charge in [-0.1, -0.05) is 35.0 Å². The number of likely N-dealkylation sites (N-methyl/N-ethyl adjacent to an activating group) is 1. The van der Waals surface area contributed by atoms with Crippen molar-refractivity contribution in [2.45, 2.75) is 38.4 Å². The summed E-state index contributed by atoms with van der Waals surface area (Å²) in [6, 6.07) is 7.90. The third kappa shape index (κ3) is 4.85. The van der Waals surface area contributed by atoms with Gasteiger partial charge in [0.1, 0.15) is 0 Å². The number of ether oxygens (including phenoxy) is 1. The molecule has 1 aromatic carbocycles. The summed E-state index contributed by atoms with van der Waals surface area (Å²) in [6.45, 7) is 5.98. The summed E-state index contributed by atoms with van der Waals surface area (Å²) in [5, 5.41) is 10.2. The van der Waals surface area contributed by atoms with Crippen LogP contribution in [-0.4, -0.2) is 42.4 Å². The van der Waals surface area contributed by atoms with E-state index in [9.17, 15) is 5.11 Å². The van der Waals surface area contributed by atoms with Gasteiger partial charge in [0.2, 0.25) is 0 Å². The molecule has 1 fully saturated rings. The molecule has 4 heteroatoms. The molecular weight excluding hydrogens is 318 g/mol. The SMILES string of the molecule is CCN(CCC(O)c1ccc(Br)cc1)CC1CCCO1. The Hall–Kier alpha value is -0.420. The van der Waals surface area contributed by atoms with Gasteiger partial charge in [-0.05, 0) is 43.5 Å². The number of halogens is 1. The van der Waals surface area contributed by atoms with E-state index in [4.69, 9.17) is 4.74 Å². The molecule has 112 valence electrons. The lowest BCUT2D eigenvalue weighted by Crippen LogP contribution is -2.33. The van der Waals surface area contributed by atoms with Gasteiger partial charge >= 0.3 is 0 Å². The molecule has 1 N–H and O–H groups in total. The van der Waals surface area contributed by atoms with Crippen LogP contribution in [0.5, 0.6) is 0 Å². The number of benzene rings is 1. The number of aliphatic hydroxyl groups excluding tert-OH is 1. The van der Waals surface area contributed by atoms with E-state index < -0.39 is 0 Å². The van der Waals surface area contributed by atoms with Crippen molar-refractivity contribution in [2.24, 2.45) is 0 Å². The molecule has 2 atom stereocenters. The number of rotatable bonds is 7. The first kappa shape index (κ1) is 16.0.